The van der Waals surface area contributed by atoms with Gasteiger partial charge in [0.1, 0.15) is 0 Å². The summed E-state index contributed by atoms with van der Waals surface area (Å²) < 4.78 is 0. The Labute approximate surface area is 91.1 Å². The summed E-state index contributed by atoms with van der Waals surface area (Å²) in [6.45, 7) is 3.95. The molecule has 0 saturated carbocycles. The minimum atomic E-state index is 0.0931. The van der Waals surface area contributed by atoms with Crippen LogP contribution >= 0.6 is 0 Å². The first kappa shape index (κ1) is 11.4. The smallest absolute Gasteiger partial charge is 0.192 e. The number of carbonyl (C=O) groups is 1. The number of ketones is 1. The molecule has 0 bridgehead atoms. The normalized spacial score (nSPS) is 12.0. The minimum absolute atomic E-state index is 0.0931. The average Bonchev–Trinajstić information content (AvgIpc) is 2.29. The van der Waals surface area contributed by atoms with E-state index in [1.165, 1.54) is 0 Å². The van der Waals surface area contributed by atoms with Crippen molar-refractivity contribution in [3.05, 3.63) is 59.7 Å². The Bertz CT molecular complexity index is 372. The molecule has 0 aromatic heterocycles. The van der Waals surface area contributed by atoms with Crippen LogP contribution in [0.15, 0.2) is 54.1 Å². The molecule has 0 aliphatic heterocycles. The summed E-state index contributed by atoms with van der Waals surface area (Å²) in [5.41, 5.74) is 1.52. The second kappa shape index (κ2) is 5.97. The quantitative estimate of drug-likeness (QED) is 0.410. The molecule has 0 saturated heterocycles. The maximum absolute atomic E-state index is 12.0. The van der Waals surface area contributed by atoms with E-state index in [1.807, 2.05) is 62.4 Å². The van der Waals surface area contributed by atoms with Gasteiger partial charge in [0, 0.05) is 11.1 Å². The molecule has 0 aliphatic carbocycles. The molecule has 1 heteroatoms. The molecule has 0 spiro atoms. The summed E-state index contributed by atoms with van der Waals surface area (Å²) in [4.78, 5) is 12.0. The maximum atomic E-state index is 12.0. The molecule has 0 atom stereocenters. The van der Waals surface area contributed by atoms with Gasteiger partial charge in [0.25, 0.3) is 0 Å². The Morgan fingerprint density at radius 1 is 1.27 bits per heavy atom. The first-order valence-electron chi connectivity index (χ1n) is 5.22. The molecule has 0 amide bonds. The van der Waals surface area contributed by atoms with Crippen molar-refractivity contribution in [1.82, 2.24) is 0 Å². The SMILES string of the molecule is C/C=C\C(=C/CC)C(=O)c1ccccc1. The van der Waals surface area contributed by atoms with Gasteiger partial charge in [0.2, 0.25) is 0 Å². The largest absolute Gasteiger partial charge is 0.289 e. The summed E-state index contributed by atoms with van der Waals surface area (Å²) in [6.07, 6.45) is 6.58. The molecule has 1 aromatic carbocycles. The molecule has 0 fully saturated rings. The summed E-state index contributed by atoms with van der Waals surface area (Å²) in [7, 11) is 0. The van der Waals surface area contributed by atoms with Gasteiger partial charge >= 0.3 is 0 Å². The molecule has 0 radical (unpaired) electrons. The van der Waals surface area contributed by atoms with Crippen molar-refractivity contribution in [2.75, 3.05) is 0 Å². The fourth-order valence-corrected chi connectivity index (χ4v) is 1.39. The predicted molar refractivity (Wildman–Crippen MR) is 64.0 cm³/mol. The maximum Gasteiger partial charge on any atom is 0.192 e. The Kier molecular flexibility index (Phi) is 4.55. The van der Waals surface area contributed by atoms with E-state index < -0.39 is 0 Å². The van der Waals surface area contributed by atoms with Crippen LogP contribution in [0.25, 0.3) is 0 Å². The van der Waals surface area contributed by atoms with E-state index in [9.17, 15) is 4.79 Å². The standard InChI is InChI=1S/C14H16O/c1-3-8-12(9-4-2)14(15)13-10-6-5-7-11-13/h3,5-11H,4H2,1-2H3/b8-3-,12-9+. The highest BCUT2D eigenvalue weighted by Crippen LogP contribution is 2.10. The second-order valence-corrected chi connectivity index (χ2v) is 3.26. The van der Waals surface area contributed by atoms with Crippen LogP contribution in [0.1, 0.15) is 30.6 Å². The molecule has 0 aliphatic rings. The number of hydrogen-bond acceptors (Lipinski definition) is 1. The summed E-state index contributed by atoms with van der Waals surface area (Å²) in [5, 5.41) is 0. The predicted octanol–water partition coefficient (Wildman–Crippen LogP) is 3.78. The van der Waals surface area contributed by atoms with Crippen molar-refractivity contribution < 1.29 is 4.79 Å². The third-order valence-corrected chi connectivity index (χ3v) is 2.07. The fourth-order valence-electron chi connectivity index (χ4n) is 1.39. The van der Waals surface area contributed by atoms with Crippen molar-refractivity contribution in [1.29, 1.82) is 0 Å². The Morgan fingerprint density at radius 3 is 2.47 bits per heavy atom. The van der Waals surface area contributed by atoms with Crippen LogP contribution in [0.3, 0.4) is 0 Å². The van der Waals surface area contributed by atoms with Crippen LogP contribution in [-0.2, 0) is 0 Å². The van der Waals surface area contributed by atoms with Crippen molar-refractivity contribution in [3.63, 3.8) is 0 Å². The van der Waals surface area contributed by atoms with E-state index in [-0.39, 0.29) is 5.78 Å². The molecule has 0 N–H and O–H groups in total. The van der Waals surface area contributed by atoms with Crippen LogP contribution in [-0.4, -0.2) is 5.78 Å². The van der Waals surface area contributed by atoms with Gasteiger partial charge in [-0.05, 0) is 13.3 Å². The van der Waals surface area contributed by atoms with Crippen molar-refractivity contribution in [2.45, 2.75) is 20.3 Å². The molecule has 1 rings (SSSR count). The Hall–Kier alpha value is -1.63. The van der Waals surface area contributed by atoms with Gasteiger partial charge in [-0.15, -0.1) is 0 Å². The van der Waals surface area contributed by atoms with Gasteiger partial charge in [-0.1, -0.05) is 55.5 Å². The topological polar surface area (TPSA) is 17.1 Å². The van der Waals surface area contributed by atoms with Gasteiger partial charge in [0.05, 0.1) is 0 Å². The van der Waals surface area contributed by atoms with Crippen LogP contribution in [0.4, 0.5) is 0 Å². The number of benzene rings is 1. The highest BCUT2D eigenvalue weighted by atomic mass is 16.1. The second-order valence-electron chi connectivity index (χ2n) is 3.26. The molecule has 0 heterocycles. The van der Waals surface area contributed by atoms with Gasteiger partial charge in [-0.2, -0.15) is 0 Å². The summed E-state index contributed by atoms with van der Waals surface area (Å²) in [6, 6.07) is 9.36. The number of allylic oxidation sites excluding steroid dienone is 4. The highest BCUT2D eigenvalue weighted by Gasteiger charge is 2.07. The molecular formula is C14H16O. The fraction of sp³-hybridized carbons (Fsp3) is 0.214. The third-order valence-electron chi connectivity index (χ3n) is 2.07. The number of rotatable bonds is 4. The lowest BCUT2D eigenvalue weighted by Crippen LogP contribution is -2.01. The lowest BCUT2D eigenvalue weighted by Gasteiger charge is -2.01. The van der Waals surface area contributed by atoms with Crippen LogP contribution < -0.4 is 0 Å². The molecule has 15 heavy (non-hydrogen) atoms. The lowest BCUT2D eigenvalue weighted by atomic mass is 10.0. The van der Waals surface area contributed by atoms with Crippen molar-refractivity contribution >= 4 is 5.78 Å². The lowest BCUT2D eigenvalue weighted by molar-refractivity contribution is 0.103. The minimum Gasteiger partial charge on any atom is -0.289 e. The van der Waals surface area contributed by atoms with E-state index in [0.29, 0.717) is 0 Å². The number of hydrogen-bond donors (Lipinski definition) is 0. The van der Waals surface area contributed by atoms with Gasteiger partial charge in [0.15, 0.2) is 5.78 Å². The van der Waals surface area contributed by atoms with E-state index in [1.54, 1.807) is 0 Å². The van der Waals surface area contributed by atoms with Crippen molar-refractivity contribution in [2.24, 2.45) is 0 Å². The van der Waals surface area contributed by atoms with Crippen LogP contribution in [0.5, 0.6) is 0 Å². The van der Waals surface area contributed by atoms with Crippen molar-refractivity contribution in [3.8, 4) is 0 Å². The summed E-state index contributed by atoms with van der Waals surface area (Å²) in [5.74, 6) is 0.0931. The molecular weight excluding hydrogens is 184 g/mol. The zero-order valence-corrected chi connectivity index (χ0v) is 9.23. The highest BCUT2D eigenvalue weighted by molar-refractivity contribution is 6.10. The third kappa shape index (κ3) is 3.21. The average molecular weight is 200 g/mol. The number of Topliss-reactive ketones (excluding diaryl/α,β-unsaturated/α-hetero) is 1. The Balaban J connectivity index is 2.97. The van der Waals surface area contributed by atoms with E-state index in [0.717, 1.165) is 17.6 Å². The summed E-state index contributed by atoms with van der Waals surface area (Å²) >= 11 is 0. The van der Waals surface area contributed by atoms with E-state index in [2.05, 4.69) is 0 Å². The van der Waals surface area contributed by atoms with Gasteiger partial charge in [-0.3, -0.25) is 4.79 Å². The van der Waals surface area contributed by atoms with Crippen LogP contribution in [0, 0.1) is 0 Å². The zero-order chi connectivity index (χ0) is 11.1. The Morgan fingerprint density at radius 2 is 1.93 bits per heavy atom. The monoisotopic (exact) mass is 200 g/mol. The first-order valence-corrected chi connectivity index (χ1v) is 5.22. The van der Waals surface area contributed by atoms with E-state index in [4.69, 9.17) is 0 Å². The van der Waals surface area contributed by atoms with Gasteiger partial charge in [-0.25, -0.2) is 0 Å². The van der Waals surface area contributed by atoms with Gasteiger partial charge < -0.3 is 0 Å². The molecule has 0 unspecified atom stereocenters. The molecule has 78 valence electrons. The van der Waals surface area contributed by atoms with Crippen LogP contribution in [0.2, 0.25) is 0 Å². The first-order chi connectivity index (χ1) is 7.29. The zero-order valence-electron chi connectivity index (χ0n) is 9.23. The molecule has 1 aromatic rings. The van der Waals surface area contributed by atoms with E-state index >= 15 is 0 Å². The molecule has 1 nitrogen and oxygen atoms in total. The number of carbonyl (C=O) groups excluding carboxylic acids is 1.